The van der Waals surface area contributed by atoms with Crippen molar-refractivity contribution in [1.29, 1.82) is 0 Å². The van der Waals surface area contributed by atoms with E-state index in [1.165, 1.54) is 23.9 Å². The lowest BCUT2D eigenvalue weighted by Crippen LogP contribution is -2.30. The monoisotopic (exact) mass is 536 g/mol. The molecule has 0 saturated heterocycles. The Kier molecular flexibility index (Phi) is 8.62. The molecule has 1 aliphatic carbocycles. The molecule has 178 valence electrons. The molecule has 0 bridgehead atoms. The summed E-state index contributed by atoms with van der Waals surface area (Å²) in [5.74, 6) is -0.430. The molecule has 3 aromatic rings. The third kappa shape index (κ3) is 6.57. The lowest BCUT2D eigenvalue weighted by Gasteiger charge is -2.40. The Bertz CT molecular complexity index is 1130. The molecule has 1 aliphatic rings. The lowest BCUT2D eigenvalue weighted by atomic mass is 9.76. The van der Waals surface area contributed by atoms with E-state index in [-0.39, 0.29) is 10.9 Å². The minimum Gasteiger partial charge on any atom is -0.287 e. The van der Waals surface area contributed by atoms with E-state index in [1.54, 1.807) is 23.9 Å². The second-order valence-electron chi connectivity index (χ2n) is 8.58. The average molecular weight is 538 g/mol. The number of halogens is 4. The zero-order valence-electron chi connectivity index (χ0n) is 18.4. The molecule has 7 heteroatoms. The summed E-state index contributed by atoms with van der Waals surface area (Å²) in [6, 6.07) is 18.4. The molecule has 4 rings (SSSR count). The van der Waals surface area contributed by atoms with E-state index in [0.29, 0.717) is 40.8 Å². The molecule has 3 aromatic carbocycles. The number of hydrogen-bond acceptors (Lipinski definition) is 3. The van der Waals surface area contributed by atoms with Gasteiger partial charge in [0.05, 0.1) is 0 Å². The molecule has 1 fully saturated rings. The van der Waals surface area contributed by atoms with Crippen LogP contribution in [0.1, 0.15) is 44.1 Å². The van der Waals surface area contributed by atoms with Crippen LogP contribution in [-0.2, 0) is 9.54 Å². The van der Waals surface area contributed by atoms with E-state index >= 15 is 0 Å². The Morgan fingerprint density at radius 3 is 2.09 bits per heavy atom. The third-order valence-electron chi connectivity index (χ3n) is 6.26. The highest BCUT2D eigenvalue weighted by Gasteiger charge is 2.40. The van der Waals surface area contributed by atoms with Crippen LogP contribution in [0.5, 0.6) is 0 Å². The van der Waals surface area contributed by atoms with Crippen LogP contribution in [0.2, 0.25) is 10.0 Å². The minimum absolute atomic E-state index is 0.130. The predicted octanol–water partition coefficient (Wildman–Crippen LogP) is 9.55. The van der Waals surface area contributed by atoms with Gasteiger partial charge in [-0.3, -0.25) is 4.79 Å². The zero-order chi connectivity index (χ0) is 24.1. The second-order valence-corrected chi connectivity index (χ2v) is 12.0. The summed E-state index contributed by atoms with van der Waals surface area (Å²) < 4.78 is 28.4. The quantitative estimate of drug-likeness (QED) is 0.280. The predicted molar refractivity (Wildman–Crippen MR) is 139 cm³/mol. The van der Waals surface area contributed by atoms with Gasteiger partial charge >= 0.3 is 0 Å². The standard InChI is InChI=1S/C27H24Cl2F2OS2/c28-19-2-7-22(8-3-19)33-26(32)12-1-18-13-15-27(16-14-18,24-17-21(30)6-11-25(24)31)34-23-9-4-20(29)5-10-23/h2-11,17-18H,1,12-16H2. The van der Waals surface area contributed by atoms with Crippen molar-refractivity contribution in [3.63, 3.8) is 0 Å². The first-order valence-electron chi connectivity index (χ1n) is 11.2. The first-order valence-corrected chi connectivity index (χ1v) is 13.6. The molecule has 1 nitrogen and oxygen atoms in total. The molecule has 0 aromatic heterocycles. The van der Waals surface area contributed by atoms with Gasteiger partial charge in [0.2, 0.25) is 0 Å². The van der Waals surface area contributed by atoms with E-state index in [4.69, 9.17) is 23.2 Å². The van der Waals surface area contributed by atoms with Gasteiger partial charge in [0, 0.05) is 36.6 Å². The molecule has 34 heavy (non-hydrogen) atoms. The summed E-state index contributed by atoms with van der Waals surface area (Å²) >= 11 is 14.8. The third-order valence-corrected chi connectivity index (χ3v) is 9.23. The molecule has 0 aliphatic heterocycles. The van der Waals surface area contributed by atoms with Crippen LogP contribution in [0.3, 0.4) is 0 Å². The normalized spacial score (nSPS) is 20.3. The van der Waals surface area contributed by atoms with Crippen LogP contribution in [0.25, 0.3) is 0 Å². The van der Waals surface area contributed by atoms with Crippen LogP contribution in [0.4, 0.5) is 8.78 Å². The first-order chi connectivity index (χ1) is 16.3. The molecule has 1 saturated carbocycles. The lowest BCUT2D eigenvalue weighted by molar-refractivity contribution is -0.111. The number of thioether (sulfide) groups is 2. The first kappa shape index (κ1) is 25.6. The number of carbonyl (C=O) groups excluding carboxylic acids is 1. The maximum absolute atomic E-state index is 14.9. The highest BCUT2D eigenvalue weighted by atomic mass is 35.5. The molecular formula is C27H24Cl2F2OS2. The highest BCUT2D eigenvalue weighted by molar-refractivity contribution is 8.13. The van der Waals surface area contributed by atoms with Gasteiger partial charge in [0.1, 0.15) is 11.6 Å². The van der Waals surface area contributed by atoms with Crippen molar-refractivity contribution in [1.82, 2.24) is 0 Å². The fraction of sp³-hybridized carbons (Fsp3) is 0.296. The van der Waals surface area contributed by atoms with E-state index in [1.807, 2.05) is 36.4 Å². The molecule has 0 heterocycles. The van der Waals surface area contributed by atoms with Crippen molar-refractivity contribution in [2.75, 3.05) is 0 Å². The van der Waals surface area contributed by atoms with Crippen LogP contribution in [-0.4, -0.2) is 5.12 Å². The van der Waals surface area contributed by atoms with Crippen molar-refractivity contribution in [3.05, 3.63) is 94.0 Å². The van der Waals surface area contributed by atoms with Gasteiger partial charge in [0.15, 0.2) is 5.12 Å². The minimum atomic E-state index is -0.557. The summed E-state index contributed by atoms with van der Waals surface area (Å²) in [4.78, 5) is 14.3. The van der Waals surface area contributed by atoms with Gasteiger partial charge in [-0.25, -0.2) is 8.78 Å². The Morgan fingerprint density at radius 2 is 1.47 bits per heavy atom. The summed E-state index contributed by atoms with van der Waals surface area (Å²) in [6.07, 6.45) is 4.43. The van der Waals surface area contributed by atoms with Crippen LogP contribution >= 0.6 is 46.7 Å². The summed E-state index contributed by atoms with van der Waals surface area (Å²) in [6.45, 7) is 0. The zero-order valence-corrected chi connectivity index (χ0v) is 21.6. The van der Waals surface area contributed by atoms with Crippen molar-refractivity contribution >= 4 is 51.8 Å². The van der Waals surface area contributed by atoms with Gasteiger partial charge in [-0.1, -0.05) is 35.0 Å². The highest BCUT2D eigenvalue weighted by Crippen LogP contribution is 2.53. The van der Waals surface area contributed by atoms with E-state index in [9.17, 15) is 13.6 Å². The molecule has 0 radical (unpaired) electrons. The average Bonchev–Trinajstić information content (AvgIpc) is 2.83. The fourth-order valence-corrected chi connectivity index (χ4v) is 6.88. The molecule has 0 spiro atoms. The number of carbonyl (C=O) groups is 1. The smallest absolute Gasteiger partial charge is 0.193 e. The summed E-state index contributed by atoms with van der Waals surface area (Å²) in [7, 11) is 0. The topological polar surface area (TPSA) is 17.1 Å². The van der Waals surface area contributed by atoms with Gasteiger partial charge in [0.25, 0.3) is 0 Å². The number of rotatable bonds is 7. The largest absolute Gasteiger partial charge is 0.287 e. The maximum Gasteiger partial charge on any atom is 0.193 e. The van der Waals surface area contributed by atoms with Gasteiger partial charge in [-0.2, -0.15) is 0 Å². The van der Waals surface area contributed by atoms with Gasteiger partial charge in [-0.05, 0) is 105 Å². The number of hydrogen-bond donors (Lipinski definition) is 0. The fourth-order valence-electron chi connectivity index (χ4n) is 4.44. The van der Waals surface area contributed by atoms with E-state index < -0.39 is 10.6 Å². The van der Waals surface area contributed by atoms with Crippen LogP contribution < -0.4 is 0 Å². The van der Waals surface area contributed by atoms with E-state index in [2.05, 4.69) is 0 Å². The molecular weight excluding hydrogens is 513 g/mol. The summed E-state index contributed by atoms with van der Waals surface area (Å²) in [5.41, 5.74) is 0.417. The summed E-state index contributed by atoms with van der Waals surface area (Å²) in [5, 5.41) is 1.42. The Labute approximate surface area is 217 Å². The molecule has 0 N–H and O–H groups in total. The maximum atomic E-state index is 14.9. The molecule has 0 amide bonds. The SMILES string of the molecule is O=C(CCC1CCC(Sc2ccc(Cl)cc2)(c2cc(F)ccc2F)CC1)Sc1ccc(Cl)cc1. The van der Waals surface area contributed by atoms with E-state index in [0.717, 1.165) is 35.1 Å². The molecule has 0 unspecified atom stereocenters. The Hall–Kier alpha value is -1.53. The van der Waals surface area contributed by atoms with Gasteiger partial charge < -0.3 is 0 Å². The Morgan fingerprint density at radius 1 is 0.882 bits per heavy atom. The van der Waals surface area contributed by atoms with Crippen molar-refractivity contribution in [2.24, 2.45) is 5.92 Å². The van der Waals surface area contributed by atoms with Crippen molar-refractivity contribution < 1.29 is 13.6 Å². The van der Waals surface area contributed by atoms with Gasteiger partial charge in [-0.15, -0.1) is 11.8 Å². The molecule has 0 atom stereocenters. The number of benzene rings is 3. The van der Waals surface area contributed by atoms with Crippen molar-refractivity contribution in [3.8, 4) is 0 Å². The van der Waals surface area contributed by atoms with Crippen LogP contribution in [0, 0.1) is 17.6 Å². The second kappa shape index (κ2) is 11.5. The van der Waals surface area contributed by atoms with Crippen LogP contribution in [0.15, 0.2) is 76.5 Å². The van der Waals surface area contributed by atoms with Crippen molar-refractivity contribution in [2.45, 2.75) is 53.1 Å². The Balaban J connectivity index is 1.42.